The Labute approximate surface area is 95.4 Å². The van der Waals surface area contributed by atoms with E-state index in [0.29, 0.717) is 6.42 Å². The van der Waals surface area contributed by atoms with Crippen molar-refractivity contribution in [2.75, 3.05) is 7.11 Å². The monoisotopic (exact) mass is 220 g/mol. The van der Waals surface area contributed by atoms with Crippen LogP contribution in [-0.2, 0) is 16.0 Å². The molecule has 0 bridgehead atoms. The van der Waals surface area contributed by atoms with Crippen molar-refractivity contribution >= 4 is 5.97 Å². The van der Waals surface area contributed by atoms with Crippen LogP contribution in [0.15, 0.2) is 18.2 Å². The van der Waals surface area contributed by atoms with E-state index >= 15 is 0 Å². The molecule has 1 atom stereocenters. The molecule has 1 aromatic carbocycles. The highest BCUT2D eigenvalue weighted by Gasteiger charge is 2.29. The van der Waals surface area contributed by atoms with Crippen LogP contribution in [0.5, 0.6) is 5.75 Å². The Balaban J connectivity index is 2.45. The Morgan fingerprint density at radius 2 is 2.19 bits per heavy atom. The number of fused-ring (bicyclic) bond motifs is 1. The van der Waals surface area contributed by atoms with E-state index in [2.05, 4.69) is 0 Å². The smallest absolute Gasteiger partial charge is 0.310 e. The molecular formula is C13H16O3. The van der Waals surface area contributed by atoms with Crippen LogP contribution in [0.4, 0.5) is 0 Å². The van der Waals surface area contributed by atoms with Gasteiger partial charge in [0.1, 0.15) is 11.9 Å². The molecule has 1 aliphatic heterocycles. The number of benzene rings is 1. The van der Waals surface area contributed by atoms with Crippen LogP contribution in [0.1, 0.15) is 31.1 Å². The first-order valence-corrected chi connectivity index (χ1v) is 5.48. The lowest BCUT2D eigenvalue weighted by atomic mass is 9.91. The zero-order valence-electron chi connectivity index (χ0n) is 9.82. The third-order valence-electron chi connectivity index (χ3n) is 2.86. The fourth-order valence-corrected chi connectivity index (χ4v) is 2.02. The van der Waals surface area contributed by atoms with Crippen molar-refractivity contribution in [1.82, 2.24) is 0 Å². The fraction of sp³-hybridized carbons (Fsp3) is 0.462. The number of esters is 1. The van der Waals surface area contributed by atoms with Crippen LogP contribution in [0.25, 0.3) is 0 Å². The van der Waals surface area contributed by atoms with Crippen LogP contribution in [0.3, 0.4) is 0 Å². The van der Waals surface area contributed by atoms with Gasteiger partial charge in [-0.3, -0.25) is 4.79 Å². The normalized spacial score (nSPS) is 19.2. The van der Waals surface area contributed by atoms with Gasteiger partial charge in [0.2, 0.25) is 0 Å². The van der Waals surface area contributed by atoms with Crippen molar-refractivity contribution < 1.29 is 14.3 Å². The standard InChI is InChI=1S/C13H16O3/c1-8(2)13-11-7-10(15-3)5-4-9(11)6-12(14)16-13/h4-5,7-8,13H,6H2,1-3H3. The second-order valence-electron chi connectivity index (χ2n) is 4.40. The molecule has 16 heavy (non-hydrogen) atoms. The Kier molecular flexibility index (Phi) is 2.86. The molecule has 1 unspecified atom stereocenters. The van der Waals surface area contributed by atoms with Crippen LogP contribution < -0.4 is 4.74 Å². The number of methoxy groups -OCH3 is 1. The molecule has 0 saturated carbocycles. The summed E-state index contributed by atoms with van der Waals surface area (Å²) < 4.78 is 10.6. The molecule has 1 aliphatic rings. The van der Waals surface area contributed by atoms with Crippen LogP contribution in [0.2, 0.25) is 0 Å². The largest absolute Gasteiger partial charge is 0.497 e. The Bertz CT molecular complexity index is 410. The summed E-state index contributed by atoms with van der Waals surface area (Å²) in [4.78, 5) is 11.4. The summed E-state index contributed by atoms with van der Waals surface area (Å²) in [6, 6.07) is 5.80. The van der Waals surface area contributed by atoms with Gasteiger partial charge in [-0.05, 0) is 23.6 Å². The van der Waals surface area contributed by atoms with Crippen molar-refractivity contribution in [3.05, 3.63) is 29.3 Å². The lowest BCUT2D eigenvalue weighted by Gasteiger charge is -2.28. The van der Waals surface area contributed by atoms with Gasteiger partial charge >= 0.3 is 5.97 Å². The van der Waals surface area contributed by atoms with Gasteiger partial charge in [-0.2, -0.15) is 0 Å². The molecule has 0 fully saturated rings. The highest BCUT2D eigenvalue weighted by atomic mass is 16.5. The van der Waals surface area contributed by atoms with Gasteiger partial charge in [-0.15, -0.1) is 0 Å². The van der Waals surface area contributed by atoms with Crippen molar-refractivity contribution in [2.45, 2.75) is 26.4 Å². The number of cyclic esters (lactones) is 1. The topological polar surface area (TPSA) is 35.5 Å². The second kappa shape index (κ2) is 4.16. The predicted octanol–water partition coefficient (Wildman–Crippen LogP) is 2.49. The highest BCUT2D eigenvalue weighted by Crippen LogP contribution is 2.35. The van der Waals surface area contributed by atoms with Crippen LogP contribution >= 0.6 is 0 Å². The third-order valence-corrected chi connectivity index (χ3v) is 2.86. The molecule has 0 aromatic heterocycles. The summed E-state index contributed by atoms with van der Waals surface area (Å²) >= 11 is 0. The minimum Gasteiger partial charge on any atom is -0.497 e. The average Bonchev–Trinajstić information content (AvgIpc) is 2.27. The molecular weight excluding hydrogens is 204 g/mol. The second-order valence-corrected chi connectivity index (χ2v) is 4.40. The number of carbonyl (C=O) groups excluding carboxylic acids is 1. The summed E-state index contributed by atoms with van der Waals surface area (Å²) in [6.45, 7) is 4.10. The van der Waals surface area contributed by atoms with E-state index in [1.165, 1.54) is 0 Å². The van der Waals surface area contributed by atoms with Gasteiger partial charge in [0.05, 0.1) is 13.5 Å². The summed E-state index contributed by atoms with van der Waals surface area (Å²) in [6.07, 6.45) is 0.217. The first-order valence-electron chi connectivity index (χ1n) is 5.48. The number of ether oxygens (including phenoxy) is 2. The van der Waals surface area contributed by atoms with Gasteiger partial charge in [0.25, 0.3) is 0 Å². The minimum absolute atomic E-state index is 0.142. The minimum atomic E-state index is -0.147. The molecule has 0 aliphatic carbocycles. The van der Waals surface area contributed by atoms with E-state index in [-0.39, 0.29) is 18.0 Å². The van der Waals surface area contributed by atoms with Crippen molar-refractivity contribution in [2.24, 2.45) is 5.92 Å². The van der Waals surface area contributed by atoms with Gasteiger partial charge in [0, 0.05) is 5.56 Å². The van der Waals surface area contributed by atoms with E-state index in [4.69, 9.17) is 9.47 Å². The molecule has 1 heterocycles. The van der Waals surface area contributed by atoms with E-state index in [1.807, 2.05) is 32.0 Å². The zero-order chi connectivity index (χ0) is 11.7. The van der Waals surface area contributed by atoms with Gasteiger partial charge < -0.3 is 9.47 Å². The van der Waals surface area contributed by atoms with Crippen LogP contribution in [0, 0.1) is 5.92 Å². The maximum atomic E-state index is 11.4. The first kappa shape index (κ1) is 11.0. The number of rotatable bonds is 2. The van der Waals surface area contributed by atoms with Crippen LogP contribution in [-0.4, -0.2) is 13.1 Å². The highest BCUT2D eigenvalue weighted by molar-refractivity contribution is 5.75. The molecule has 1 aromatic rings. The summed E-state index contributed by atoms with van der Waals surface area (Å²) in [5.74, 6) is 0.939. The molecule has 3 heteroatoms. The van der Waals surface area contributed by atoms with E-state index in [0.717, 1.165) is 16.9 Å². The predicted molar refractivity (Wildman–Crippen MR) is 60.4 cm³/mol. The van der Waals surface area contributed by atoms with E-state index in [9.17, 15) is 4.79 Å². The summed E-state index contributed by atoms with van der Waals surface area (Å²) in [7, 11) is 1.64. The molecule has 2 rings (SSSR count). The molecule has 0 radical (unpaired) electrons. The first-order chi connectivity index (χ1) is 7.61. The molecule has 0 N–H and O–H groups in total. The molecule has 0 saturated heterocycles. The summed E-state index contributed by atoms with van der Waals surface area (Å²) in [5.41, 5.74) is 2.13. The van der Waals surface area contributed by atoms with Crippen molar-refractivity contribution in [1.29, 1.82) is 0 Å². The zero-order valence-corrected chi connectivity index (χ0v) is 9.82. The lowest BCUT2D eigenvalue weighted by molar-refractivity contribution is -0.152. The molecule has 0 amide bonds. The maximum Gasteiger partial charge on any atom is 0.310 e. The number of carbonyl (C=O) groups is 1. The average molecular weight is 220 g/mol. The van der Waals surface area contributed by atoms with Gasteiger partial charge in [0.15, 0.2) is 0 Å². The lowest BCUT2D eigenvalue weighted by Crippen LogP contribution is -2.24. The number of hydrogen-bond acceptors (Lipinski definition) is 3. The Morgan fingerprint density at radius 1 is 1.44 bits per heavy atom. The maximum absolute atomic E-state index is 11.4. The van der Waals surface area contributed by atoms with E-state index in [1.54, 1.807) is 7.11 Å². The Hall–Kier alpha value is -1.51. The van der Waals surface area contributed by atoms with E-state index < -0.39 is 0 Å². The Morgan fingerprint density at radius 3 is 2.81 bits per heavy atom. The molecule has 0 spiro atoms. The molecule has 86 valence electrons. The molecule has 3 nitrogen and oxygen atoms in total. The summed E-state index contributed by atoms with van der Waals surface area (Å²) in [5, 5.41) is 0. The van der Waals surface area contributed by atoms with Gasteiger partial charge in [-0.1, -0.05) is 19.9 Å². The SMILES string of the molecule is COc1ccc2c(c1)C(C(C)C)OC(=O)C2. The van der Waals surface area contributed by atoms with Crippen molar-refractivity contribution in [3.8, 4) is 5.75 Å². The quantitative estimate of drug-likeness (QED) is 0.718. The third kappa shape index (κ3) is 1.90. The fourth-order valence-electron chi connectivity index (χ4n) is 2.02. The van der Waals surface area contributed by atoms with Gasteiger partial charge in [-0.25, -0.2) is 0 Å². The number of hydrogen-bond donors (Lipinski definition) is 0. The van der Waals surface area contributed by atoms with Crippen molar-refractivity contribution in [3.63, 3.8) is 0 Å².